The van der Waals surface area contributed by atoms with Gasteiger partial charge in [0.2, 0.25) is 0 Å². The Labute approximate surface area is 327 Å². The van der Waals surface area contributed by atoms with E-state index < -0.39 is 21.3 Å². The number of aromatic hydroxyl groups is 1. The van der Waals surface area contributed by atoms with Gasteiger partial charge in [-0.15, -0.1) is 0 Å². The average molecular weight is 778 g/mol. The van der Waals surface area contributed by atoms with Crippen molar-refractivity contribution >= 4 is 16.4 Å². The number of hydrogen-bond acceptors (Lipinski definition) is 1. The zero-order valence-corrected chi connectivity index (χ0v) is 36.2. The van der Waals surface area contributed by atoms with Gasteiger partial charge in [0.25, 0.3) is 0 Å². The fraction of sp³-hybridized carbons (Fsp3) is 0.314. The molecule has 5 aromatic rings. The zero-order valence-electron chi connectivity index (χ0n) is 33.7. The number of fused-ring (bicyclic) bond motifs is 2. The van der Waals surface area contributed by atoms with E-state index in [0.29, 0.717) is 13.0 Å². The van der Waals surface area contributed by atoms with E-state index in [1.54, 1.807) is 11.1 Å². The molecule has 0 heterocycles. The van der Waals surface area contributed by atoms with Gasteiger partial charge in [0.1, 0.15) is 5.75 Å². The maximum atomic E-state index is 9.21. The average Bonchev–Trinajstić information content (AvgIpc) is 3.72. The van der Waals surface area contributed by atoms with Gasteiger partial charge >= 0.3 is 276 Å². The molecule has 0 aliphatic heterocycles. The number of aryl methyl sites for hydroxylation is 2. The van der Waals surface area contributed by atoms with Gasteiger partial charge in [0, 0.05) is 0 Å². The summed E-state index contributed by atoms with van der Waals surface area (Å²) in [6.45, 7) is 22.2. The van der Waals surface area contributed by atoms with Crippen molar-refractivity contribution in [3.05, 3.63) is 159 Å². The summed E-state index contributed by atoms with van der Waals surface area (Å²) in [6, 6.07) is 38.3. The van der Waals surface area contributed by atoms with Crippen molar-refractivity contribution in [3.63, 3.8) is 0 Å². The van der Waals surface area contributed by atoms with Crippen molar-refractivity contribution in [2.75, 3.05) is 0 Å². The van der Waals surface area contributed by atoms with E-state index in [1.807, 2.05) is 32.0 Å². The van der Waals surface area contributed by atoms with Gasteiger partial charge in [-0.1, -0.05) is 18.2 Å². The third-order valence-electron chi connectivity index (χ3n) is 11.4. The van der Waals surface area contributed by atoms with Crippen LogP contribution in [0.25, 0.3) is 34.4 Å². The normalized spacial score (nSPS) is 16.3. The van der Waals surface area contributed by atoms with Crippen LogP contribution >= 0.6 is 0 Å². The van der Waals surface area contributed by atoms with Crippen LogP contribution in [-0.2, 0) is 32.1 Å². The summed E-state index contributed by atoms with van der Waals surface area (Å²) in [5.41, 5.74) is 19.5. The Kier molecular flexibility index (Phi) is 11.3. The van der Waals surface area contributed by atoms with E-state index in [-0.39, 0.29) is 10.8 Å². The first-order valence-electron chi connectivity index (χ1n) is 19.5. The minimum atomic E-state index is -2.37. The summed E-state index contributed by atoms with van der Waals surface area (Å²) in [5, 5.41) is 9.21. The molecule has 0 saturated carbocycles. The van der Waals surface area contributed by atoms with E-state index in [2.05, 4.69) is 152 Å². The van der Waals surface area contributed by atoms with Gasteiger partial charge in [0.05, 0.1) is 0 Å². The zero-order chi connectivity index (χ0) is 38.2. The van der Waals surface area contributed by atoms with Crippen molar-refractivity contribution in [2.45, 2.75) is 100 Å². The molecule has 2 unspecified atom stereocenters. The summed E-state index contributed by atoms with van der Waals surface area (Å²) in [6.07, 6.45) is 7.26. The molecule has 0 fully saturated rings. The number of benzene rings is 5. The van der Waals surface area contributed by atoms with Gasteiger partial charge in [-0.2, -0.15) is 0 Å². The maximum absolute atomic E-state index is 9.21. The fourth-order valence-electron chi connectivity index (χ4n) is 8.19. The third-order valence-corrected chi connectivity index (χ3v) is 18.4. The second kappa shape index (κ2) is 15.5. The Balaban J connectivity index is 0.000000468. The number of rotatable bonds is 6. The van der Waals surface area contributed by atoms with Crippen LogP contribution in [-0.4, -0.2) is 9.32 Å². The second-order valence-corrected chi connectivity index (χ2v) is 22.8. The van der Waals surface area contributed by atoms with Crippen LogP contribution in [0.2, 0.25) is 0 Å². The van der Waals surface area contributed by atoms with Crippen molar-refractivity contribution in [1.29, 1.82) is 0 Å². The molecule has 2 aliphatic carbocycles. The van der Waals surface area contributed by atoms with Crippen molar-refractivity contribution in [2.24, 2.45) is 0 Å². The van der Waals surface area contributed by atoms with E-state index >= 15 is 0 Å². The first kappa shape index (κ1) is 38.8. The summed E-state index contributed by atoms with van der Waals surface area (Å²) < 4.78 is 6.21. The number of phenolic OH excluding ortho intramolecular Hbond substituents is 1. The molecular formula is C51H58OZr. The van der Waals surface area contributed by atoms with E-state index in [9.17, 15) is 5.11 Å². The molecule has 0 amide bonds. The van der Waals surface area contributed by atoms with E-state index in [0.717, 1.165) is 24.0 Å². The first-order chi connectivity index (χ1) is 25.1. The monoisotopic (exact) mass is 776 g/mol. The molecule has 2 aliphatic rings. The van der Waals surface area contributed by atoms with Gasteiger partial charge in [-0.05, 0) is 25.0 Å². The number of phenols is 1. The molecule has 53 heavy (non-hydrogen) atoms. The molecule has 0 bridgehead atoms. The standard InChI is InChI=1S/2C21H23.C8H10O.CH2.Zr/c2*1-5-15-13-17-7-6-8-19(20(17)14-15)16-9-11-18(12-10-16)21(2,3)4;1-6-4-3-5-7(2)8(6)9;;/h2*6-14H,5H2,1-4H3;3-5,9H,1-2H3;1H2;. The Morgan fingerprint density at radius 3 is 1.23 bits per heavy atom. The van der Waals surface area contributed by atoms with Crippen LogP contribution in [0.15, 0.2) is 114 Å². The van der Waals surface area contributed by atoms with E-state index in [1.165, 1.54) is 55.6 Å². The van der Waals surface area contributed by atoms with Crippen LogP contribution in [0.3, 0.4) is 0 Å². The van der Waals surface area contributed by atoms with Crippen molar-refractivity contribution in [1.82, 2.24) is 0 Å². The molecule has 1 nitrogen and oxygen atoms in total. The van der Waals surface area contributed by atoms with Crippen LogP contribution in [0.4, 0.5) is 0 Å². The van der Waals surface area contributed by atoms with Crippen molar-refractivity contribution in [3.8, 4) is 28.0 Å². The first-order valence-corrected chi connectivity index (χ1v) is 24.0. The molecule has 2 heteroatoms. The molecule has 7 rings (SSSR count). The van der Waals surface area contributed by atoms with Crippen LogP contribution in [0.1, 0.15) is 120 Å². The van der Waals surface area contributed by atoms with Gasteiger partial charge in [0.15, 0.2) is 0 Å². The predicted molar refractivity (Wildman–Crippen MR) is 228 cm³/mol. The minimum absolute atomic E-state index is 0.157. The summed E-state index contributed by atoms with van der Waals surface area (Å²) >= 11 is -2.37. The van der Waals surface area contributed by atoms with Crippen LogP contribution in [0.5, 0.6) is 5.75 Å². The Hall–Kier alpha value is -3.87. The summed E-state index contributed by atoms with van der Waals surface area (Å²) in [7, 11) is 0. The molecule has 0 aromatic heterocycles. The molecular weight excluding hydrogens is 720 g/mol. The quantitative estimate of drug-likeness (QED) is 0.182. The summed E-state index contributed by atoms with van der Waals surface area (Å²) in [5.74, 6) is 0.414. The van der Waals surface area contributed by atoms with E-state index in [4.69, 9.17) is 4.21 Å². The van der Waals surface area contributed by atoms with Gasteiger partial charge < -0.3 is 5.11 Å². The van der Waals surface area contributed by atoms with Crippen molar-refractivity contribution < 1.29 is 26.4 Å². The number of para-hydroxylation sites is 1. The molecule has 0 spiro atoms. The Morgan fingerprint density at radius 1 is 0.547 bits per heavy atom. The topological polar surface area (TPSA) is 20.2 Å². The molecule has 5 aromatic carbocycles. The van der Waals surface area contributed by atoms with Crippen LogP contribution < -0.4 is 0 Å². The number of hydrogen-bond donors (Lipinski definition) is 1. The molecule has 0 saturated heterocycles. The summed E-state index contributed by atoms with van der Waals surface area (Å²) in [4.78, 5) is 0. The second-order valence-electron chi connectivity index (χ2n) is 17.1. The Bertz CT molecular complexity index is 2040. The molecule has 0 radical (unpaired) electrons. The van der Waals surface area contributed by atoms with Gasteiger partial charge in [-0.25, -0.2) is 0 Å². The number of allylic oxidation sites excluding steroid dienone is 2. The molecule has 2 atom stereocenters. The van der Waals surface area contributed by atoms with Gasteiger partial charge in [-0.3, -0.25) is 0 Å². The van der Waals surface area contributed by atoms with Crippen LogP contribution in [0, 0.1) is 13.8 Å². The third kappa shape index (κ3) is 7.86. The SMILES string of the molecule is Cc1cccc(C)c1O.[CH2]=[Zr]([CH]1C(CC)=Cc2c(-c3ccc(C(C)(C)C)cc3)cccc21)[CH]1C(CC)=Cc2c(-c3ccc(C(C)(C)C)cc3)cccc21. The fourth-order valence-corrected chi connectivity index (χ4v) is 16.0. The Morgan fingerprint density at radius 2 is 0.906 bits per heavy atom. The molecule has 272 valence electrons. The predicted octanol–water partition coefficient (Wildman–Crippen LogP) is 14.1. The molecule has 1 N–H and O–H groups in total.